The van der Waals surface area contributed by atoms with Crippen LogP contribution in [0.4, 0.5) is 10.5 Å². The summed E-state index contributed by atoms with van der Waals surface area (Å²) in [6, 6.07) is 7.72. The number of aromatic nitrogens is 2. The van der Waals surface area contributed by atoms with E-state index in [1.54, 1.807) is 24.3 Å². The Morgan fingerprint density at radius 3 is 2.79 bits per heavy atom. The molecule has 3 heterocycles. The van der Waals surface area contributed by atoms with Gasteiger partial charge in [-0.05, 0) is 42.8 Å². The van der Waals surface area contributed by atoms with E-state index in [0.29, 0.717) is 18.0 Å². The van der Waals surface area contributed by atoms with Crippen molar-refractivity contribution < 1.29 is 4.79 Å². The minimum absolute atomic E-state index is 0.0170. The standard InChI is InChI=1S/C20H27N7OS/c1-14-11-26(16-5-7-25(8-6-16)29-18-10-23-13-24-18)20(28)27(12-14)17-4-2-3-15(9-17)19(21)22/h2-4,9-10,13-14,16H,5-8,11-12H2,1H3,(H3,21,22)(H,23,24). The summed E-state index contributed by atoms with van der Waals surface area (Å²) in [5.41, 5.74) is 7.09. The van der Waals surface area contributed by atoms with Gasteiger partial charge in [-0.25, -0.2) is 14.1 Å². The Labute approximate surface area is 175 Å². The Balaban J connectivity index is 1.43. The van der Waals surface area contributed by atoms with Crippen LogP contribution in [-0.2, 0) is 0 Å². The van der Waals surface area contributed by atoms with Crippen molar-refractivity contribution in [1.29, 1.82) is 5.41 Å². The molecule has 1 aromatic carbocycles. The molecule has 2 amide bonds. The van der Waals surface area contributed by atoms with Gasteiger partial charge in [0.25, 0.3) is 0 Å². The number of hydrogen-bond acceptors (Lipinski definition) is 5. The molecule has 0 saturated carbocycles. The number of carbonyl (C=O) groups excluding carboxylic acids is 1. The number of aromatic amines is 1. The number of carbonyl (C=O) groups is 1. The summed E-state index contributed by atoms with van der Waals surface area (Å²) in [5, 5.41) is 8.72. The monoisotopic (exact) mass is 413 g/mol. The maximum atomic E-state index is 13.3. The molecule has 2 aromatic rings. The van der Waals surface area contributed by atoms with Gasteiger partial charge in [0.05, 0.1) is 12.5 Å². The number of anilines is 1. The van der Waals surface area contributed by atoms with Gasteiger partial charge >= 0.3 is 6.03 Å². The molecule has 8 nitrogen and oxygen atoms in total. The van der Waals surface area contributed by atoms with Gasteiger partial charge in [-0.1, -0.05) is 19.1 Å². The van der Waals surface area contributed by atoms with Crippen LogP contribution < -0.4 is 10.6 Å². The van der Waals surface area contributed by atoms with E-state index in [2.05, 4.69) is 21.2 Å². The maximum Gasteiger partial charge on any atom is 0.324 e. The van der Waals surface area contributed by atoms with Gasteiger partial charge in [0.15, 0.2) is 0 Å². The molecule has 0 aliphatic carbocycles. The largest absolute Gasteiger partial charge is 0.384 e. The van der Waals surface area contributed by atoms with E-state index in [1.165, 1.54) is 0 Å². The average molecular weight is 414 g/mol. The number of nitrogens with one attached hydrogen (secondary N) is 2. The fourth-order valence-corrected chi connectivity index (χ4v) is 4.94. The average Bonchev–Trinajstić information content (AvgIpc) is 3.23. The number of amides is 2. The van der Waals surface area contributed by atoms with Gasteiger partial charge in [0.1, 0.15) is 10.9 Å². The smallest absolute Gasteiger partial charge is 0.324 e. The van der Waals surface area contributed by atoms with E-state index in [4.69, 9.17) is 11.1 Å². The Bertz CT molecular complexity index is 863. The minimum atomic E-state index is 0.0170. The molecule has 154 valence electrons. The summed E-state index contributed by atoms with van der Waals surface area (Å²) in [6.45, 7) is 5.54. The summed E-state index contributed by atoms with van der Waals surface area (Å²) in [4.78, 5) is 24.4. The third-order valence-corrected chi connectivity index (χ3v) is 6.56. The second kappa shape index (κ2) is 8.46. The SMILES string of the molecule is CC1CN(c2cccc(C(=N)N)c2)C(=O)N(C2CCN(Sc3cnc[nH]3)CC2)C1. The molecule has 4 N–H and O–H groups in total. The summed E-state index contributed by atoms with van der Waals surface area (Å²) in [5.74, 6) is 0.398. The highest BCUT2D eigenvalue weighted by atomic mass is 32.2. The van der Waals surface area contributed by atoms with Crippen LogP contribution in [0.15, 0.2) is 41.8 Å². The van der Waals surface area contributed by atoms with E-state index < -0.39 is 0 Å². The highest BCUT2D eigenvalue weighted by molar-refractivity contribution is 7.97. The normalized spacial score (nSPS) is 21.6. The van der Waals surface area contributed by atoms with Crippen molar-refractivity contribution in [3.63, 3.8) is 0 Å². The summed E-state index contributed by atoms with van der Waals surface area (Å²) in [6.07, 6.45) is 5.44. The number of imidazole rings is 1. The maximum absolute atomic E-state index is 13.3. The number of nitrogen functional groups attached to an aromatic ring is 1. The van der Waals surface area contributed by atoms with Gasteiger partial charge < -0.3 is 15.6 Å². The number of nitrogens with two attached hydrogens (primary N) is 1. The van der Waals surface area contributed by atoms with Crippen LogP contribution in [0, 0.1) is 11.3 Å². The predicted octanol–water partition coefficient (Wildman–Crippen LogP) is 2.74. The molecule has 1 aromatic heterocycles. The molecule has 0 bridgehead atoms. The number of rotatable bonds is 5. The first-order valence-electron chi connectivity index (χ1n) is 9.95. The van der Waals surface area contributed by atoms with Crippen molar-refractivity contribution in [2.45, 2.75) is 30.8 Å². The minimum Gasteiger partial charge on any atom is -0.384 e. The molecule has 9 heteroatoms. The van der Waals surface area contributed by atoms with Crippen LogP contribution in [0.3, 0.4) is 0 Å². The first-order chi connectivity index (χ1) is 14.0. The van der Waals surface area contributed by atoms with Crippen LogP contribution in [0.5, 0.6) is 0 Å². The second-order valence-electron chi connectivity index (χ2n) is 7.78. The highest BCUT2D eigenvalue weighted by Gasteiger charge is 2.36. The van der Waals surface area contributed by atoms with Crippen LogP contribution in [0.25, 0.3) is 0 Å². The lowest BCUT2D eigenvalue weighted by atomic mass is 10.00. The predicted molar refractivity (Wildman–Crippen MR) is 115 cm³/mol. The number of hydrogen-bond donors (Lipinski definition) is 3. The highest BCUT2D eigenvalue weighted by Crippen LogP contribution is 2.30. The van der Waals surface area contributed by atoms with Crippen molar-refractivity contribution in [3.05, 3.63) is 42.4 Å². The Morgan fingerprint density at radius 1 is 1.31 bits per heavy atom. The number of amidine groups is 1. The third kappa shape index (κ3) is 4.40. The molecule has 29 heavy (non-hydrogen) atoms. The molecule has 0 radical (unpaired) electrons. The Morgan fingerprint density at radius 2 is 2.10 bits per heavy atom. The molecule has 4 rings (SSSR count). The zero-order chi connectivity index (χ0) is 20.4. The van der Waals surface area contributed by atoms with Crippen molar-refractivity contribution in [1.82, 2.24) is 19.2 Å². The summed E-state index contributed by atoms with van der Waals surface area (Å²) in [7, 11) is 0. The topological polar surface area (TPSA) is 105 Å². The quantitative estimate of drug-likeness (QED) is 0.397. The lowest BCUT2D eigenvalue weighted by molar-refractivity contribution is 0.129. The number of piperidine rings is 1. The molecule has 2 aliphatic rings. The molecule has 1 atom stereocenters. The van der Waals surface area contributed by atoms with Gasteiger partial charge in [-0.2, -0.15) is 0 Å². The van der Waals surface area contributed by atoms with Crippen molar-refractivity contribution in [3.8, 4) is 0 Å². The van der Waals surface area contributed by atoms with Gasteiger partial charge in [-0.15, -0.1) is 0 Å². The Hall–Kier alpha value is -2.52. The van der Waals surface area contributed by atoms with Gasteiger partial charge in [0.2, 0.25) is 0 Å². The number of H-pyrrole nitrogens is 1. The molecule has 0 spiro atoms. The summed E-state index contributed by atoms with van der Waals surface area (Å²) >= 11 is 1.69. The van der Waals surface area contributed by atoms with E-state index in [9.17, 15) is 4.79 Å². The molecule has 2 aliphatic heterocycles. The third-order valence-electron chi connectivity index (χ3n) is 5.51. The first-order valence-corrected chi connectivity index (χ1v) is 10.7. The molecule has 2 saturated heterocycles. The fraction of sp³-hybridized carbons (Fsp3) is 0.450. The number of benzene rings is 1. The van der Waals surface area contributed by atoms with Crippen LogP contribution in [0.2, 0.25) is 0 Å². The lowest BCUT2D eigenvalue weighted by Gasteiger charge is -2.45. The van der Waals surface area contributed by atoms with Crippen molar-refractivity contribution in [2.75, 3.05) is 31.1 Å². The van der Waals surface area contributed by atoms with Crippen molar-refractivity contribution in [2.24, 2.45) is 11.7 Å². The second-order valence-corrected chi connectivity index (χ2v) is 8.92. The zero-order valence-corrected chi connectivity index (χ0v) is 17.4. The van der Waals surface area contributed by atoms with E-state index in [1.807, 2.05) is 34.2 Å². The van der Waals surface area contributed by atoms with Crippen LogP contribution in [-0.4, -0.2) is 63.3 Å². The van der Waals surface area contributed by atoms with Crippen LogP contribution in [0.1, 0.15) is 25.3 Å². The summed E-state index contributed by atoms with van der Waals surface area (Å²) < 4.78 is 2.33. The van der Waals surface area contributed by atoms with E-state index in [0.717, 1.165) is 43.2 Å². The lowest BCUT2D eigenvalue weighted by Crippen LogP contribution is -2.58. The number of nitrogens with zero attached hydrogens (tertiary/aromatic N) is 4. The first kappa shape index (κ1) is 19.8. The van der Waals surface area contributed by atoms with Crippen molar-refractivity contribution >= 4 is 29.5 Å². The van der Waals surface area contributed by atoms with Gasteiger partial charge in [-0.3, -0.25) is 10.3 Å². The van der Waals surface area contributed by atoms with Crippen LogP contribution >= 0.6 is 11.9 Å². The fourth-order valence-electron chi connectivity index (χ4n) is 4.06. The number of urea groups is 1. The Kier molecular flexibility index (Phi) is 5.77. The molecule has 1 unspecified atom stereocenters. The molecule has 2 fully saturated rings. The van der Waals surface area contributed by atoms with E-state index in [-0.39, 0.29) is 17.9 Å². The van der Waals surface area contributed by atoms with Gasteiger partial charge in [0, 0.05) is 43.5 Å². The molecular formula is C20H27N7OS. The van der Waals surface area contributed by atoms with E-state index >= 15 is 0 Å². The molecular weight excluding hydrogens is 386 g/mol. The zero-order valence-electron chi connectivity index (χ0n) is 16.5.